The first-order valence-corrected chi connectivity index (χ1v) is 10.5. The normalized spacial score (nSPS) is 10.8. The molecular formula is C25H25N5O3. The first-order valence-electron chi connectivity index (χ1n) is 10.5. The van der Waals surface area contributed by atoms with Crippen LogP contribution >= 0.6 is 0 Å². The van der Waals surface area contributed by atoms with Crippen molar-refractivity contribution in [2.24, 2.45) is 0 Å². The smallest absolute Gasteiger partial charge is 0.275 e. The van der Waals surface area contributed by atoms with Crippen molar-refractivity contribution in [1.29, 1.82) is 0 Å². The first-order chi connectivity index (χ1) is 16.0. The number of anilines is 2. The van der Waals surface area contributed by atoms with Crippen molar-refractivity contribution >= 4 is 28.3 Å². The molecule has 8 heteroatoms. The third-order valence-electron chi connectivity index (χ3n) is 5.18. The molecule has 0 aliphatic rings. The average molecular weight is 444 g/mol. The molecule has 4 rings (SSSR count). The topological polar surface area (TPSA) is 122 Å². The van der Waals surface area contributed by atoms with Crippen molar-refractivity contribution in [3.63, 3.8) is 0 Å². The standard InChI is InChI=1S/C25H25N5O3/c1-16-13-19(5-6-20(16)25(32)30-33-12-11-31)23-9-7-21(26)24(29-23)28-15-17-4-8-22-18(14-17)3-2-10-27-22/h2-10,13-14,31H,11-12,15,26H2,1H3,(H,28,29)(H,30,32). The molecule has 0 radical (unpaired) electrons. The molecule has 0 saturated heterocycles. The van der Waals surface area contributed by atoms with Crippen molar-refractivity contribution in [3.05, 3.63) is 83.6 Å². The van der Waals surface area contributed by atoms with Crippen molar-refractivity contribution < 1.29 is 14.7 Å². The molecule has 0 fully saturated rings. The molecule has 0 atom stereocenters. The Balaban J connectivity index is 1.50. The molecule has 2 heterocycles. The van der Waals surface area contributed by atoms with Crippen LogP contribution in [0.5, 0.6) is 0 Å². The van der Waals surface area contributed by atoms with Crippen molar-refractivity contribution in [2.45, 2.75) is 13.5 Å². The molecule has 0 bridgehead atoms. The second-order valence-corrected chi connectivity index (χ2v) is 7.55. The molecule has 2 aromatic heterocycles. The maximum Gasteiger partial charge on any atom is 0.275 e. The Bertz CT molecular complexity index is 1290. The lowest BCUT2D eigenvalue weighted by Gasteiger charge is -2.12. The van der Waals surface area contributed by atoms with Gasteiger partial charge in [-0.05, 0) is 60.5 Å². The lowest BCUT2D eigenvalue weighted by molar-refractivity contribution is 0.0168. The van der Waals surface area contributed by atoms with Crippen LogP contribution in [0.4, 0.5) is 11.5 Å². The number of fused-ring (bicyclic) bond motifs is 1. The van der Waals surface area contributed by atoms with E-state index in [4.69, 9.17) is 20.7 Å². The molecule has 0 saturated carbocycles. The fourth-order valence-electron chi connectivity index (χ4n) is 3.49. The number of amides is 1. The Kier molecular flexibility index (Phi) is 6.77. The van der Waals surface area contributed by atoms with Gasteiger partial charge in [0.25, 0.3) is 5.91 Å². The number of nitrogens with two attached hydrogens (primary N) is 1. The molecule has 168 valence electrons. The molecule has 0 aliphatic heterocycles. The number of hydrogen-bond acceptors (Lipinski definition) is 7. The molecule has 5 N–H and O–H groups in total. The zero-order chi connectivity index (χ0) is 23.2. The summed E-state index contributed by atoms with van der Waals surface area (Å²) in [5, 5.41) is 13.2. The van der Waals surface area contributed by atoms with Gasteiger partial charge in [0.1, 0.15) is 5.82 Å². The second-order valence-electron chi connectivity index (χ2n) is 7.55. The van der Waals surface area contributed by atoms with E-state index >= 15 is 0 Å². The minimum absolute atomic E-state index is 0.0318. The summed E-state index contributed by atoms with van der Waals surface area (Å²) in [7, 11) is 0. The Morgan fingerprint density at radius 1 is 1.12 bits per heavy atom. The summed E-state index contributed by atoms with van der Waals surface area (Å²) < 4.78 is 0. The SMILES string of the molecule is Cc1cc(-c2ccc(N)c(NCc3ccc4ncccc4c3)n2)ccc1C(=O)NOCCO. The number of benzene rings is 2. The van der Waals surface area contributed by atoms with Crippen LogP contribution in [-0.4, -0.2) is 34.2 Å². The Hall–Kier alpha value is -4.01. The van der Waals surface area contributed by atoms with Gasteiger partial charge in [-0.3, -0.25) is 14.6 Å². The number of aromatic nitrogens is 2. The zero-order valence-electron chi connectivity index (χ0n) is 18.2. The number of pyridine rings is 2. The number of nitrogens with zero attached hydrogens (tertiary/aromatic N) is 2. The third kappa shape index (κ3) is 5.25. The van der Waals surface area contributed by atoms with Crippen LogP contribution in [0, 0.1) is 6.92 Å². The minimum Gasteiger partial charge on any atom is -0.396 e. The number of carbonyl (C=O) groups is 1. The van der Waals surface area contributed by atoms with Crippen LogP contribution < -0.4 is 16.5 Å². The highest BCUT2D eigenvalue weighted by atomic mass is 16.7. The lowest BCUT2D eigenvalue weighted by atomic mass is 10.0. The monoisotopic (exact) mass is 443 g/mol. The number of hydroxylamine groups is 1. The van der Waals surface area contributed by atoms with Crippen LogP contribution in [0.3, 0.4) is 0 Å². The van der Waals surface area contributed by atoms with Crippen LogP contribution in [0.25, 0.3) is 22.2 Å². The molecule has 0 aliphatic carbocycles. The lowest BCUT2D eigenvalue weighted by Crippen LogP contribution is -2.25. The summed E-state index contributed by atoms with van der Waals surface area (Å²) in [6, 6.07) is 19.2. The van der Waals surface area contributed by atoms with E-state index < -0.39 is 0 Å². The summed E-state index contributed by atoms with van der Waals surface area (Å²) in [5.41, 5.74) is 13.9. The van der Waals surface area contributed by atoms with Crippen molar-refractivity contribution in [2.75, 3.05) is 24.3 Å². The van der Waals surface area contributed by atoms with Crippen LogP contribution in [0.15, 0.2) is 66.9 Å². The Labute approximate surface area is 191 Å². The second kappa shape index (κ2) is 10.1. The van der Waals surface area contributed by atoms with E-state index in [1.807, 2.05) is 55.5 Å². The number of nitrogens with one attached hydrogen (secondary N) is 2. The van der Waals surface area contributed by atoms with Crippen molar-refractivity contribution in [1.82, 2.24) is 15.4 Å². The summed E-state index contributed by atoms with van der Waals surface area (Å²) in [6.07, 6.45) is 1.78. The molecule has 33 heavy (non-hydrogen) atoms. The van der Waals surface area contributed by atoms with E-state index in [0.29, 0.717) is 23.6 Å². The number of nitrogen functional groups attached to an aromatic ring is 1. The molecule has 0 spiro atoms. The molecule has 2 aromatic carbocycles. The van der Waals surface area contributed by atoms with E-state index in [-0.39, 0.29) is 19.1 Å². The van der Waals surface area contributed by atoms with Crippen molar-refractivity contribution in [3.8, 4) is 11.3 Å². The number of aryl methyl sites for hydroxylation is 1. The highest BCUT2D eigenvalue weighted by Crippen LogP contribution is 2.26. The summed E-state index contributed by atoms with van der Waals surface area (Å²) in [5.74, 6) is 0.223. The van der Waals surface area contributed by atoms with Gasteiger partial charge in [-0.1, -0.05) is 18.2 Å². The number of carbonyl (C=O) groups excluding carboxylic acids is 1. The Morgan fingerprint density at radius 2 is 2.00 bits per heavy atom. The molecular weight excluding hydrogens is 418 g/mol. The maximum atomic E-state index is 12.2. The van der Waals surface area contributed by atoms with Gasteiger partial charge >= 0.3 is 0 Å². The third-order valence-corrected chi connectivity index (χ3v) is 5.18. The maximum absolute atomic E-state index is 12.2. The number of rotatable bonds is 8. The summed E-state index contributed by atoms with van der Waals surface area (Å²) in [4.78, 5) is 26.2. The zero-order valence-corrected chi connectivity index (χ0v) is 18.2. The number of aliphatic hydroxyl groups excluding tert-OH is 1. The van der Waals surface area contributed by atoms with E-state index in [2.05, 4.69) is 21.8 Å². The van der Waals surface area contributed by atoms with Gasteiger partial charge in [0.15, 0.2) is 0 Å². The van der Waals surface area contributed by atoms with Gasteiger partial charge < -0.3 is 16.2 Å². The summed E-state index contributed by atoms with van der Waals surface area (Å²) in [6.45, 7) is 2.27. The molecule has 8 nitrogen and oxygen atoms in total. The fraction of sp³-hybridized carbons (Fsp3) is 0.160. The van der Waals surface area contributed by atoms with Gasteiger partial charge in [0, 0.05) is 29.3 Å². The van der Waals surface area contributed by atoms with Gasteiger partial charge in [0.05, 0.1) is 30.1 Å². The van der Waals surface area contributed by atoms with Gasteiger partial charge in [-0.2, -0.15) is 0 Å². The highest BCUT2D eigenvalue weighted by Gasteiger charge is 2.12. The van der Waals surface area contributed by atoms with Gasteiger partial charge in [0.2, 0.25) is 0 Å². The van der Waals surface area contributed by atoms with Crippen LogP contribution in [0.1, 0.15) is 21.5 Å². The fourth-order valence-corrected chi connectivity index (χ4v) is 3.49. The predicted octanol–water partition coefficient (Wildman–Crippen LogP) is 3.45. The largest absolute Gasteiger partial charge is 0.396 e. The highest BCUT2D eigenvalue weighted by molar-refractivity contribution is 5.95. The minimum atomic E-state index is -0.370. The quantitative estimate of drug-likeness (QED) is 0.243. The summed E-state index contributed by atoms with van der Waals surface area (Å²) >= 11 is 0. The van der Waals surface area contributed by atoms with Crippen LogP contribution in [-0.2, 0) is 11.4 Å². The van der Waals surface area contributed by atoms with E-state index in [1.165, 1.54) is 0 Å². The molecule has 0 unspecified atom stereocenters. The Morgan fingerprint density at radius 3 is 2.82 bits per heavy atom. The van der Waals surface area contributed by atoms with E-state index in [1.54, 1.807) is 12.3 Å². The van der Waals surface area contributed by atoms with Gasteiger partial charge in [-0.15, -0.1) is 0 Å². The number of aliphatic hydroxyl groups is 1. The molecule has 1 amide bonds. The van der Waals surface area contributed by atoms with E-state index in [0.717, 1.165) is 33.3 Å². The van der Waals surface area contributed by atoms with Crippen LogP contribution in [0.2, 0.25) is 0 Å². The average Bonchev–Trinajstić information content (AvgIpc) is 2.83. The van der Waals surface area contributed by atoms with E-state index in [9.17, 15) is 4.79 Å². The molecule has 4 aromatic rings. The van der Waals surface area contributed by atoms with Gasteiger partial charge in [-0.25, -0.2) is 10.5 Å². The number of hydrogen-bond donors (Lipinski definition) is 4. The first kappa shape index (κ1) is 22.2. The predicted molar refractivity (Wildman–Crippen MR) is 128 cm³/mol.